The Kier molecular flexibility index (Phi) is 4.01. The van der Waals surface area contributed by atoms with Crippen LogP contribution in [0.25, 0.3) is 0 Å². The molecule has 2 rings (SSSR count). The lowest BCUT2D eigenvalue weighted by atomic mass is 10.4. The zero-order valence-electron chi connectivity index (χ0n) is 8.82. The second kappa shape index (κ2) is 5.70. The smallest absolute Gasteiger partial charge is 0.129 e. The molecule has 0 saturated heterocycles. The predicted octanol–water partition coefficient (Wildman–Crippen LogP) is 3.26. The van der Waals surface area contributed by atoms with Crippen molar-refractivity contribution in [2.24, 2.45) is 0 Å². The van der Waals surface area contributed by atoms with E-state index in [2.05, 4.69) is 20.6 Å². The Labute approximate surface area is 109 Å². The molecule has 2 heterocycles. The summed E-state index contributed by atoms with van der Waals surface area (Å²) < 4.78 is 0. The highest BCUT2D eigenvalue weighted by Crippen LogP contribution is 2.11. The summed E-state index contributed by atoms with van der Waals surface area (Å²) in [7, 11) is 0. The van der Waals surface area contributed by atoms with Gasteiger partial charge in [-0.15, -0.1) is 0 Å². The van der Waals surface area contributed by atoms with Gasteiger partial charge in [0.1, 0.15) is 10.3 Å². The van der Waals surface area contributed by atoms with E-state index in [0.717, 1.165) is 11.4 Å². The lowest BCUT2D eigenvalue weighted by molar-refractivity contribution is 1.18. The van der Waals surface area contributed by atoms with Gasteiger partial charge in [-0.25, -0.2) is 9.97 Å². The van der Waals surface area contributed by atoms with Crippen LogP contribution in [0.3, 0.4) is 0 Å². The van der Waals surface area contributed by atoms with Crippen molar-refractivity contribution in [2.45, 2.75) is 0 Å². The SMILES string of the molecule is Clc1ccc(NCNc2ccc(Cl)nc2)cn1. The molecule has 0 bridgehead atoms. The first kappa shape index (κ1) is 12.0. The van der Waals surface area contributed by atoms with Crippen LogP contribution in [-0.2, 0) is 0 Å². The lowest BCUT2D eigenvalue weighted by Gasteiger charge is -2.08. The Morgan fingerprint density at radius 1 is 0.824 bits per heavy atom. The first-order valence-electron chi connectivity index (χ1n) is 4.95. The number of pyridine rings is 2. The van der Waals surface area contributed by atoms with Crippen molar-refractivity contribution in [1.82, 2.24) is 9.97 Å². The summed E-state index contributed by atoms with van der Waals surface area (Å²) in [5.74, 6) is 0. The molecule has 2 aromatic heterocycles. The third-order valence-corrected chi connectivity index (χ3v) is 2.49. The monoisotopic (exact) mass is 268 g/mol. The second-order valence-corrected chi connectivity index (χ2v) is 4.04. The molecule has 0 unspecified atom stereocenters. The summed E-state index contributed by atoms with van der Waals surface area (Å²) in [4.78, 5) is 7.92. The van der Waals surface area contributed by atoms with Gasteiger partial charge in [-0.3, -0.25) is 0 Å². The zero-order chi connectivity index (χ0) is 12.1. The third-order valence-electron chi connectivity index (χ3n) is 2.04. The molecule has 0 aliphatic heterocycles. The van der Waals surface area contributed by atoms with Crippen LogP contribution in [0.5, 0.6) is 0 Å². The first-order valence-corrected chi connectivity index (χ1v) is 5.70. The van der Waals surface area contributed by atoms with Crippen molar-refractivity contribution in [2.75, 3.05) is 17.3 Å². The summed E-state index contributed by atoms with van der Waals surface area (Å²) in [6, 6.07) is 7.18. The highest BCUT2D eigenvalue weighted by molar-refractivity contribution is 6.29. The van der Waals surface area contributed by atoms with E-state index in [-0.39, 0.29) is 0 Å². The molecule has 0 radical (unpaired) electrons. The Hall–Kier alpha value is -1.52. The molecular formula is C11H10Cl2N4. The zero-order valence-corrected chi connectivity index (χ0v) is 10.3. The highest BCUT2D eigenvalue weighted by Gasteiger charge is 1.94. The van der Waals surface area contributed by atoms with Gasteiger partial charge in [-0.1, -0.05) is 23.2 Å². The number of anilines is 2. The second-order valence-electron chi connectivity index (χ2n) is 3.27. The van der Waals surface area contributed by atoms with Gasteiger partial charge in [0.15, 0.2) is 0 Å². The van der Waals surface area contributed by atoms with Gasteiger partial charge in [0.25, 0.3) is 0 Å². The lowest BCUT2D eigenvalue weighted by Crippen LogP contribution is -2.11. The minimum Gasteiger partial charge on any atom is -0.367 e. The minimum atomic E-state index is 0.477. The Balaban J connectivity index is 1.83. The molecule has 2 N–H and O–H groups in total. The maximum Gasteiger partial charge on any atom is 0.129 e. The van der Waals surface area contributed by atoms with E-state index >= 15 is 0 Å². The van der Waals surface area contributed by atoms with Crippen LogP contribution in [0.2, 0.25) is 10.3 Å². The molecule has 0 aromatic carbocycles. The quantitative estimate of drug-likeness (QED) is 0.660. The molecule has 0 amide bonds. The summed E-state index contributed by atoms with van der Waals surface area (Å²) >= 11 is 11.4. The number of halogens is 2. The molecular weight excluding hydrogens is 259 g/mol. The first-order chi connectivity index (χ1) is 8.24. The largest absolute Gasteiger partial charge is 0.367 e. The van der Waals surface area contributed by atoms with Gasteiger partial charge >= 0.3 is 0 Å². The number of nitrogens with zero attached hydrogens (tertiary/aromatic N) is 2. The van der Waals surface area contributed by atoms with Crippen LogP contribution in [0.15, 0.2) is 36.7 Å². The van der Waals surface area contributed by atoms with E-state index in [1.165, 1.54) is 0 Å². The summed E-state index contributed by atoms with van der Waals surface area (Å²) in [5.41, 5.74) is 1.78. The van der Waals surface area contributed by atoms with Gasteiger partial charge in [0.2, 0.25) is 0 Å². The van der Waals surface area contributed by atoms with Gasteiger partial charge in [0.05, 0.1) is 30.4 Å². The topological polar surface area (TPSA) is 49.8 Å². The van der Waals surface area contributed by atoms with E-state index in [0.29, 0.717) is 17.0 Å². The van der Waals surface area contributed by atoms with E-state index in [1.54, 1.807) is 24.5 Å². The molecule has 6 heteroatoms. The average molecular weight is 269 g/mol. The molecule has 0 spiro atoms. The number of nitrogens with one attached hydrogen (secondary N) is 2. The van der Waals surface area contributed by atoms with Crippen LogP contribution in [0.4, 0.5) is 11.4 Å². The maximum atomic E-state index is 5.68. The van der Waals surface area contributed by atoms with E-state index < -0.39 is 0 Å². The van der Waals surface area contributed by atoms with E-state index in [4.69, 9.17) is 23.2 Å². The maximum absolute atomic E-state index is 5.68. The molecule has 2 aromatic rings. The Morgan fingerprint density at radius 2 is 1.29 bits per heavy atom. The van der Waals surface area contributed by atoms with Gasteiger partial charge < -0.3 is 10.6 Å². The molecule has 0 saturated carbocycles. The number of hydrogen-bond acceptors (Lipinski definition) is 4. The standard InChI is InChI=1S/C11H10Cl2N4/c12-10-3-1-8(5-14-10)16-7-17-9-2-4-11(13)15-6-9/h1-6,16-17H,7H2. The van der Waals surface area contributed by atoms with Crippen molar-refractivity contribution < 1.29 is 0 Å². The summed E-state index contributed by atoms with van der Waals surface area (Å²) in [6.45, 7) is 0.562. The number of aromatic nitrogens is 2. The fourth-order valence-electron chi connectivity index (χ4n) is 1.21. The molecule has 0 aliphatic carbocycles. The normalized spacial score (nSPS) is 10.0. The number of rotatable bonds is 4. The van der Waals surface area contributed by atoms with E-state index in [1.807, 2.05) is 12.1 Å². The molecule has 17 heavy (non-hydrogen) atoms. The Morgan fingerprint density at radius 3 is 1.65 bits per heavy atom. The van der Waals surface area contributed by atoms with Crippen LogP contribution in [0, 0.1) is 0 Å². The summed E-state index contributed by atoms with van der Waals surface area (Å²) in [5, 5.41) is 7.24. The van der Waals surface area contributed by atoms with Crippen molar-refractivity contribution in [3.63, 3.8) is 0 Å². The highest BCUT2D eigenvalue weighted by atomic mass is 35.5. The van der Waals surface area contributed by atoms with Crippen LogP contribution >= 0.6 is 23.2 Å². The van der Waals surface area contributed by atoms with Crippen molar-refractivity contribution in [3.05, 3.63) is 47.0 Å². The minimum absolute atomic E-state index is 0.477. The third kappa shape index (κ3) is 3.76. The average Bonchev–Trinajstić information content (AvgIpc) is 2.34. The fraction of sp³-hybridized carbons (Fsp3) is 0.0909. The van der Waals surface area contributed by atoms with Gasteiger partial charge in [-0.2, -0.15) is 0 Å². The van der Waals surface area contributed by atoms with Crippen LogP contribution in [0.1, 0.15) is 0 Å². The molecule has 0 atom stereocenters. The Bertz CT molecular complexity index is 424. The van der Waals surface area contributed by atoms with Crippen LogP contribution < -0.4 is 10.6 Å². The van der Waals surface area contributed by atoms with Gasteiger partial charge in [0, 0.05) is 0 Å². The van der Waals surface area contributed by atoms with Crippen LogP contribution in [-0.4, -0.2) is 16.6 Å². The van der Waals surface area contributed by atoms with Crippen molar-refractivity contribution >= 4 is 34.6 Å². The predicted molar refractivity (Wildman–Crippen MR) is 70.6 cm³/mol. The fourth-order valence-corrected chi connectivity index (χ4v) is 1.43. The van der Waals surface area contributed by atoms with Crippen molar-refractivity contribution in [3.8, 4) is 0 Å². The van der Waals surface area contributed by atoms with Crippen molar-refractivity contribution in [1.29, 1.82) is 0 Å². The molecule has 4 nitrogen and oxygen atoms in total. The molecule has 88 valence electrons. The molecule has 0 fully saturated rings. The summed E-state index contributed by atoms with van der Waals surface area (Å²) in [6.07, 6.45) is 3.34. The molecule has 0 aliphatic rings. The number of hydrogen-bond donors (Lipinski definition) is 2. The van der Waals surface area contributed by atoms with E-state index in [9.17, 15) is 0 Å². The van der Waals surface area contributed by atoms with Gasteiger partial charge in [-0.05, 0) is 24.3 Å².